The summed E-state index contributed by atoms with van der Waals surface area (Å²) in [5, 5.41) is 3.49. The molecule has 1 aliphatic rings. The average Bonchev–Trinajstić information content (AvgIpc) is 2.58. The van der Waals surface area contributed by atoms with Crippen LogP contribution in [-0.2, 0) is 0 Å². The first-order valence-corrected chi connectivity index (χ1v) is 5.43. The van der Waals surface area contributed by atoms with E-state index < -0.39 is 0 Å². The molecular weight excluding hydrogens is 261 g/mol. The molecule has 12 heavy (non-hydrogen) atoms. The van der Waals surface area contributed by atoms with Crippen molar-refractivity contribution < 1.29 is 0 Å². The maximum atomic E-state index is 3.49. The van der Waals surface area contributed by atoms with E-state index in [1.807, 2.05) is 0 Å². The molecule has 1 aliphatic heterocycles. The van der Waals surface area contributed by atoms with E-state index in [1.54, 1.807) is 0 Å². The van der Waals surface area contributed by atoms with Gasteiger partial charge < -0.3 is 5.32 Å². The standard InChI is InChI=1S/C10H12IN/c11-9-5-3-8(4-6-9)10-2-1-7-12-10/h3-6,10,12H,1-2,7H2. The van der Waals surface area contributed by atoms with Crippen molar-refractivity contribution in [3.63, 3.8) is 0 Å². The Hall–Kier alpha value is -0.0900. The molecule has 2 heteroatoms. The van der Waals surface area contributed by atoms with Crippen LogP contribution in [0, 0.1) is 3.57 Å². The van der Waals surface area contributed by atoms with Crippen LogP contribution in [0.4, 0.5) is 0 Å². The highest BCUT2D eigenvalue weighted by molar-refractivity contribution is 14.1. The molecule has 0 spiro atoms. The van der Waals surface area contributed by atoms with Crippen molar-refractivity contribution in [3.8, 4) is 0 Å². The summed E-state index contributed by atoms with van der Waals surface area (Å²) in [5.41, 5.74) is 1.44. The highest BCUT2D eigenvalue weighted by Crippen LogP contribution is 2.23. The molecule has 2 rings (SSSR count). The molecule has 0 aliphatic carbocycles. The molecule has 64 valence electrons. The highest BCUT2D eigenvalue weighted by atomic mass is 127. The van der Waals surface area contributed by atoms with Crippen LogP contribution in [0.3, 0.4) is 0 Å². The third kappa shape index (κ3) is 1.80. The molecule has 0 aromatic heterocycles. The van der Waals surface area contributed by atoms with E-state index in [9.17, 15) is 0 Å². The van der Waals surface area contributed by atoms with Crippen molar-refractivity contribution in [1.82, 2.24) is 5.32 Å². The second-order valence-electron chi connectivity index (χ2n) is 3.20. The molecule has 1 aromatic rings. The first-order chi connectivity index (χ1) is 5.86. The Balaban J connectivity index is 2.17. The number of rotatable bonds is 1. The van der Waals surface area contributed by atoms with E-state index >= 15 is 0 Å². The predicted octanol–water partition coefficient (Wildman–Crippen LogP) is 2.72. The van der Waals surface area contributed by atoms with Crippen LogP contribution in [0.1, 0.15) is 24.4 Å². The number of hydrogen-bond donors (Lipinski definition) is 1. The van der Waals surface area contributed by atoms with E-state index in [2.05, 4.69) is 52.2 Å². The van der Waals surface area contributed by atoms with Crippen LogP contribution in [0.5, 0.6) is 0 Å². The fraction of sp³-hybridized carbons (Fsp3) is 0.400. The van der Waals surface area contributed by atoms with E-state index in [0.29, 0.717) is 6.04 Å². The molecule has 1 saturated heterocycles. The molecule has 0 radical (unpaired) electrons. The van der Waals surface area contributed by atoms with Crippen molar-refractivity contribution in [2.45, 2.75) is 18.9 Å². The van der Waals surface area contributed by atoms with Crippen LogP contribution >= 0.6 is 22.6 Å². The monoisotopic (exact) mass is 273 g/mol. The Labute approximate surface area is 86.7 Å². The molecular formula is C10H12IN. The van der Waals surface area contributed by atoms with Gasteiger partial charge in [0.05, 0.1) is 0 Å². The van der Waals surface area contributed by atoms with Gasteiger partial charge >= 0.3 is 0 Å². The van der Waals surface area contributed by atoms with Crippen molar-refractivity contribution in [2.24, 2.45) is 0 Å². The maximum Gasteiger partial charge on any atom is 0.0320 e. The Bertz CT molecular complexity index is 249. The van der Waals surface area contributed by atoms with Gasteiger partial charge in [-0.3, -0.25) is 0 Å². The Morgan fingerprint density at radius 3 is 2.58 bits per heavy atom. The molecule has 0 amide bonds. The zero-order valence-electron chi connectivity index (χ0n) is 6.89. The molecule has 1 N–H and O–H groups in total. The SMILES string of the molecule is Ic1ccc(C2CCCN2)cc1. The maximum absolute atomic E-state index is 3.49. The lowest BCUT2D eigenvalue weighted by Gasteiger charge is -2.09. The van der Waals surface area contributed by atoms with Crippen LogP contribution in [-0.4, -0.2) is 6.54 Å². The fourth-order valence-electron chi connectivity index (χ4n) is 1.66. The van der Waals surface area contributed by atoms with Crippen LogP contribution in [0.15, 0.2) is 24.3 Å². The number of nitrogens with one attached hydrogen (secondary N) is 1. The van der Waals surface area contributed by atoms with Gasteiger partial charge in [0.15, 0.2) is 0 Å². The van der Waals surface area contributed by atoms with Crippen LogP contribution in [0.2, 0.25) is 0 Å². The van der Waals surface area contributed by atoms with E-state index in [-0.39, 0.29) is 0 Å². The summed E-state index contributed by atoms with van der Waals surface area (Å²) in [4.78, 5) is 0. The minimum Gasteiger partial charge on any atom is -0.310 e. The quantitative estimate of drug-likeness (QED) is 0.776. The van der Waals surface area contributed by atoms with Gasteiger partial charge in [0.2, 0.25) is 0 Å². The number of halogens is 1. The van der Waals surface area contributed by atoms with Crippen molar-refractivity contribution in [1.29, 1.82) is 0 Å². The van der Waals surface area contributed by atoms with Gasteiger partial charge in [-0.25, -0.2) is 0 Å². The first kappa shape index (κ1) is 8.51. The topological polar surface area (TPSA) is 12.0 Å². The molecule has 0 saturated carbocycles. The molecule has 1 heterocycles. The summed E-state index contributed by atoms with van der Waals surface area (Å²) in [6, 6.07) is 9.42. The lowest BCUT2D eigenvalue weighted by Crippen LogP contribution is -2.12. The van der Waals surface area contributed by atoms with Gasteiger partial charge in [0, 0.05) is 9.61 Å². The minimum absolute atomic E-state index is 0.613. The molecule has 1 atom stereocenters. The van der Waals surface area contributed by atoms with E-state index in [1.165, 1.54) is 28.5 Å². The Morgan fingerprint density at radius 1 is 1.25 bits per heavy atom. The van der Waals surface area contributed by atoms with Gasteiger partial charge in [-0.2, -0.15) is 0 Å². The lowest BCUT2D eigenvalue weighted by molar-refractivity contribution is 0.647. The zero-order chi connectivity index (χ0) is 8.39. The Morgan fingerprint density at radius 2 is 2.00 bits per heavy atom. The molecule has 0 bridgehead atoms. The lowest BCUT2D eigenvalue weighted by atomic mass is 10.1. The molecule has 1 fully saturated rings. The number of benzene rings is 1. The smallest absolute Gasteiger partial charge is 0.0320 e. The van der Waals surface area contributed by atoms with Crippen LogP contribution < -0.4 is 5.32 Å². The van der Waals surface area contributed by atoms with Gasteiger partial charge in [-0.1, -0.05) is 12.1 Å². The van der Waals surface area contributed by atoms with Crippen molar-refractivity contribution in [2.75, 3.05) is 6.54 Å². The van der Waals surface area contributed by atoms with Gasteiger partial charge in [-0.05, 0) is 59.7 Å². The molecule has 1 aromatic carbocycles. The largest absolute Gasteiger partial charge is 0.310 e. The normalized spacial score (nSPS) is 22.9. The minimum atomic E-state index is 0.613. The second-order valence-corrected chi connectivity index (χ2v) is 4.45. The summed E-state index contributed by atoms with van der Waals surface area (Å²) in [6.07, 6.45) is 2.61. The highest BCUT2D eigenvalue weighted by Gasteiger charge is 2.14. The zero-order valence-corrected chi connectivity index (χ0v) is 9.04. The Kier molecular flexibility index (Phi) is 2.66. The van der Waals surface area contributed by atoms with Crippen molar-refractivity contribution >= 4 is 22.6 Å². The van der Waals surface area contributed by atoms with Gasteiger partial charge in [0.25, 0.3) is 0 Å². The third-order valence-corrected chi connectivity index (χ3v) is 3.05. The van der Waals surface area contributed by atoms with E-state index in [4.69, 9.17) is 0 Å². The summed E-state index contributed by atoms with van der Waals surface area (Å²) < 4.78 is 1.31. The second kappa shape index (κ2) is 3.75. The molecule has 1 unspecified atom stereocenters. The summed E-state index contributed by atoms with van der Waals surface area (Å²) in [6.45, 7) is 1.18. The van der Waals surface area contributed by atoms with Crippen LogP contribution in [0.25, 0.3) is 0 Å². The van der Waals surface area contributed by atoms with Gasteiger partial charge in [-0.15, -0.1) is 0 Å². The summed E-state index contributed by atoms with van der Waals surface area (Å²) >= 11 is 2.34. The number of hydrogen-bond acceptors (Lipinski definition) is 1. The summed E-state index contributed by atoms with van der Waals surface area (Å²) in [5.74, 6) is 0. The molecule has 1 nitrogen and oxygen atoms in total. The van der Waals surface area contributed by atoms with Gasteiger partial charge in [0.1, 0.15) is 0 Å². The van der Waals surface area contributed by atoms with E-state index in [0.717, 1.165) is 0 Å². The predicted molar refractivity (Wildman–Crippen MR) is 59.1 cm³/mol. The average molecular weight is 273 g/mol. The fourth-order valence-corrected chi connectivity index (χ4v) is 2.02. The first-order valence-electron chi connectivity index (χ1n) is 4.35. The van der Waals surface area contributed by atoms with Crippen molar-refractivity contribution in [3.05, 3.63) is 33.4 Å². The third-order valence-electron chi connectivity index (χ3n) is 2.33. The summed E-state index contributed by atoms with van der Waals surface area (Å²) in [7, 11) is 0.